The molecule has 0 saturated carbocycles. The molecule has 3 aromatic rings. The van der Waals surface area contributed by atoms with Gasteiger partial charge >= 0.3 is 0 Å². The number of aryl methyl sites for hydroxylation is 2. The first-order chi connectivity index (χ1) is 13.6. The molecule has 1 atom stereocenters. The molecule has 2 aromatic heterocycles. The first-order valence-corrected chi connectivity index (χ1v) is 10.1. The number of fused-ring (bicyclic) bond motifs is 1. The van der Waals surface area contributed by atoms with E-state index in [0.717, 1.165) is 72.3 Å². The van der Waals surface area contributed by atoms with Crippen molar-refractivity contribution >= 4 is 22.6 Å². The minimum Gasteiger partial charge on any atom is -0.379 e. The molecule has 1 aromatic carbocycles. The van der Waals surface area contributed by atoms with Gasteiger partial charge in [-0.05, 0) is 30.2 Å². The summed E-state index contributed by atoms with van der Waals surface area (Å²) in [5, 5.41) is 9.98. The molecule has 1 fully saturated rings. The van der Waals surface area contributed by atoms with Gasteiger partial charge < -0.3 is 10.1 Å². The summed E-state index contributed by atoms with van der Waals surface area (Å²) in [6.45, 7) is 6.95. The van der Waals surface area contributed by atoms with Crippen molar-refractivity contribution in [3.05, 3.63) is 58.4 Å². The number of nitrogens with zero attached hydrogens (tertiary/aromatic N) is 4. The zero-order chi connectivity index (χ0) is 19.5. The Bertz CT molecular complexity index is 951. The molecule has 0 amide bonds. The van der Waals surface area contributed by atoms with Crippen molar-refractivity contribution in [3.8, 4) is 0 Å². The maximum Gasteiger partial charge on any atom is 0.157 e. The maximum absolute atomic E-state index is 6.51. The normalized spacial score (nSPS) is 16.5. The van der Waals surface area contributed by atoms with Crippen LogP contribution in [0.3, 0.4) is 0 Å². The molecule has 7 heteroatoms. The molecule has 1 aliphatic rings. The molecule has 0 bridgehead atoms. The smallest absolute Gasteiger partial charge is 0.157 e. The Morgan fingerprint density at radius 2 is 2.04 bits per heavy atom. The van der Waals surface area contributed by atoms with Crippen molar-refractivity contribution in [2.45, 2.75) is 19.5 Å². The fourth-order valence-corrected chi connectivity index (χ4v) is 4.13. The number of aromatic nitrogens is 3. The molecule has 0 aliphatic carbocycles. The van der Waals surface area contributed by atoms with Crippen LogP contribution in [0.25, 0.3) is 11.0 Å². The first-order valence-electron chi connectivity index (χ1n) is 9.68. The van der Waals surface area contributed by atoms with Crippen LogP contribution in [0, 0.1) is 6.92 Å². The van der Waals surface area contributed by atoms with Gasteiger partial charge in [-0.15, -0.1) is 0 Å². The Morgan fingerprint density at radius 1 is 1.25 bits per heavy atom. The quantitative estimate of drug-likeness (QED) is 0.690. The van der Waals surface area contributed by atoms with E-state index in [1.165, 1.54) is 0 Å². The van der Waals surface area contributed by atoms with Crippen molar-refractivity contribution in [2.75, 3.05) is 32.8 Å². The third-order valence-corrected chi connectivity index (χ3v) is 5.68. The zero-order valence-electron chi connectivity index (χ0n) is 16.4. The highest BCUT2D eigenvalue weighted by Gasteiger charge is 2.24. The molecule has 0 unspecified atom stereocenters. The molecule has 0 radical (unpaired) electrons. The van der Waals surface area contributed by atoms with E-state index in [0.29, 0.717) is 0 Å². The van der Waals surface area contributed by atoms with E-state index in [1.54, 1.807) is 0 Å². The maximum atomic E-state index is 6.51. The molecule has 3 heterocycles. The van der Waals surface area contributed by atoms with Crippen LogP contribution in [-0.2, 0) is 18.3 Å². The Hall–Kier alpha value is -1.99. The van der Waals surface area contributed by atoms with E-state index in [-0.39, 0.29) is 6.04 Å². The van der Waals surface area contributed by atoms with E-state index in [2.05, 4.69) is 38.5 Å². The summed E-state index contributed by atoms with van der Waals surface area (Å²) >= 11 is 6.51. The van der Waals surface area contributed by atoms with Gasteiger partial charge in [0.2, 0.25) is 0 Å². The van der Waals surface area contributed by atoms with Gasteiger partial charge in [0.05, 0.1) is 18.9 Å². The highest BCUT2D eigenvalue weighted by molar-refractivity contribution is 6.31. The van der Waals surface area contributed by atoms with Gasteiger partial charge in [-0.25, -0.2) is 4.98 Å². The lowest BCUT2D eigenvalue weighted by molar-refractivity contribution is 0.0161. The predicted octanol–water partition coefficient (Wildman–Crippen LogP) is 3.09. The van der Waals surface area contributed by atoms with Gasteiger partial charge in [-0.2, -0.15) is 5.10 Å². The second-order valence-electron chi connectivity index (χ2n) is 7.24. The molecular weight excluding hydrogens is 374 g/mol. The topological polar surface area (TPSA) is 55.2 Å². The number of pyridine rings is 1. The number of halogens is 1. The summed E-state index contributed by atoms with van der Waals surface area (Å²) in [6, 6.07) is 10.5. The Labute approximate surface area is 170 Å². The number of nitrogens with one attached hydrogen (secondary N) is 1. The van der Waals surface area contributed by atoms with Crippen molar-refractivity contribution in [3.63, 3.8) is 0 Å². The molecule has 0 spiro atoms. The second kappa shape index (κ2) is 8.57. The lowest BCUT2D eigenvalue weighted by atomic mass is 10.0. The van der Waals surface area contributed by atoms with Crippen LogP contribution >= 0.6 is 11.6 Å². The minimum atomic E-state index is 0.217. The van der Waals surface area contributed by atoms with E-state index >= 15 is 0 Å². The molecule has 1 aliphatic heterocycles. The van der Waals surface area contributed by atoms with E-state index in [9.17, 15) is 0 Å². The van der Waals surface area contributed by atoms with Crippen LogP contribution in [0.5, 0.6) is 0 Å². The van der Waals surface area contributed by atoms with Crippen LogP contribution in [0.15, 0.2) is 36.5 Å². The SMILES string of the molecule is Cc1nn(C)c2ncc(CNC[C@H](c3ccccc3Cl)N3CCOCC3)cc12. The van der Waals surface area contributed by atoms with Gasteiger partial charge in [0.15, 0.2) is 5.65 Å². The third-order valence-electron chi connectivity index (χ3n) is 5.34. The minimum absolute atomic E-state index is 0.217. The van der Waals surface area contributed by atoms with Crippen LogP contribution in [0.4, 0.5) is 0 Å². The lowest BCUT2D eigenvalue weighted by Gasteiger charge is -2.35. The van der Waals surface area contributed by atoms with Crippen molar-refractivity contribution in [1.29, 1.82) is 0 Å². The number of benzene rings is 1. The van der Waals surface area contributed by atoms with Gasteiger partial charge in [0.1, 0.15) is 0 Å². The van der Waals surface area contributed by atoms with Gasteiger partial charge in [-0.3, -0.25) is 9.58 Å². The van der Waals surface area contributed by atoms with Crippen molar-refractivity contribution < 1.29 is 4.74 Å². The summed E-state index contributed by atoms with van der Waals surface area (Å²) < 4.78 is 7.36. The number of hydrogen-bond donors (Lipinski definition) is 1. The summed E-state index contributed by atoms with van der Waals surface area (Å²) in [5.41, 5.74) is 4.25. The van der Waals surface area contributed by atoms with Crippen molar-refractivity contribution in [1.82, 2.24) is 25.0 Å². The van der Waals surface area contributed by atoms with Crippen LogP contribution in [0.2, 0.25) is 5.02 Å². The van der Waals surface area contributed by atoms with E-state index < -0.39 is 0 Å². The molecule has 1 saturated heterocycles. The monoisotopic (exact) mass is 399 g/mol. The summed E-state index contributed by atoms with van der Waals surface area (Å²) in [7, 11) is 1.93. The van der Waals surface area contributed by atoms with Crippen LogP contribution in [0.1, 0.15) is 22.9 Å². The summed E-state index contributed by atoms with van der Waals surface area (Å²) in [6.07, 6.45) is 1.93. The van der Waals surface area contributed by atoms with Gasteiger partial charge in [-0.1, -0.05) is 29.8 Å². The number of ether oxygens (including phenoxy) is 1. The average Bonchev–Trinajstić information content (AvgIpc) is 3.00. The standard InChI is InChI=1S/C21H26ClN5O/c1-15-18-11-16(13-24-21(18)26(2)25-15)12-23-14-20(27-7-9-28-10-8-27)17-5-3-4-6-19(17)22/h3-6,11,13,20,23H,7-10,12,14H2,1-2H3/t20-/m1/s1. The molecular formula is C21H26ClN5O. The van der Waals surface area contributed by atoms with Gasteiger partial charge in [0.25, 0.3) is 0 Å². The molecule has 148 valence electrons. The summed E-state index contributed by atoms with van der Waals surface area (Å²) in [5.74, 6) is 0. The van der Waals surface area contributed by atoms with Crippen molar-refractivity contribution in [2.24, 2.45) is 7.05 Å². The third kappa shape index (κ3) is 4.05. The van der Waals surface area contributed by atoms with Crippen LogP contribution < -0.4 is 5.32 Å². The Kier molecular flexibility index (Phi) is 5.92. The highest BCUT2D eigenvalue weighted by Crippen LogP contribution is 2.28. The fraction of sp³-hybridized carbons (Fsp3) is 0.429. The Balaban J connectivity index is 1.48. The average molecular weight is 400 g/mol. The van der Waals surface area contributed by atoms with E-state index in [4.69, 9.17) is 16.3 Å². The summed E-state index contributed by atoms with van der Waals surface area (Å²) in [4.78, 5) is 7.02. The predicted molar refractivity (Wildman–Crippen MR) is 112 cm³/mol. The number of hydrogen-bond acceptors (Lipinski definition) is 5. The number of rotatable bonds is 6. The largest absolute Gasteiger partial charge is 0.379 e. The molecule has 6 nitrogen and oxygen atoms in total. The van der Waals surface area contributed by atoms with E-state index in [1.807, 2.05) is 37.0 Å². The van der Waals surface area contributed by atoms with Gasteiger partial charge in [0, 0.05) is 55.9 Å². The Morgan fingerprint density at radius 3 is 2.82 bits per heavy atom. The van der Waals surface area contributed by atoms with Crippen LogP contribution in [-0.4, -0.2) is 52.5 Å². The fourth-order valence-electron chi connectivity index (χ4n) is 3.87. The first kappa shape index (κ1) is 19.3. The second-order valence-corrected chi connectivity index (χ2v) is 7.65. The highest BCUT2D eigenvalue weighted by atomic mass is 35.5. The number of morpholine rings is 1. The zero-order valence-corrected chi connectivity index (χ0v) is 17.1. The molecule has 28 heavy (non-hydrogen) atoms. The lowest BCUT2D eigenvalue weighted by Crippen LogP contribution is -2.42. The molecule has 1 N–H and O–H groups in total. The molecule has 4 rings (SSSR count).